The molecule has 0 bridgehead atoms. The summed E-state index contributed by atoms with van der Waals surface area (Å²) in [5.74, 6) is -1.22. The first kappa shape index (κ1) is 19.8. The van der Waals surface area contributed by atoms with Gasteiger partial charge in [0.2, 0.25) is 5.91 Å². The van der Waals surface area contributed by atoms with Crippen molar-refractivity contribution < 1.29 is 18.3 Å². The zero-order valence-electron chi connectivity index (χ0n) is 14.9. The van der Waals surface area contributed by atoms with Gasteiger partial charge >= 0.3 is 0 Å². The maximum absolute atomic E-state index is 13.5. The summed E-state index contributed by atoms with van der Waals surface area (Å²) in [5, 5.41) is 2.80. The number of thioether (sulfide) groups is 1. The van der Waals surface area contributed by atoms with Gasteiger partial charge in [-0.3, -0.25) is 9.69 Å². The van der Waals surface area contributed by atoms with Gasteiger partial charge in [0.25, 0.3) is 0 Å². The zero-order valence-corrected chi connectivity index (χ0v) is 15.7. The molecule has 1 fully saturated rings. The number of hydrogen-bond acceptors (Lipinski definition) is 4. The third kappa shape index (κ3) is 6.30. The lowest BCUT2D eigenvalue weighted by Crippen LogP contribution is -2.35. The van der Waals surface area contributed by atoms with Crippen molar-refractivity contribution in [3.8, 4) is 0 Å². The standard InChI is InChI=1S/C20H22F2N2O2S/c21-17-5-6-18(22)19(11-17)27-14-20(25)23-12-15-1-3-16(4-2-15)13-24-7-9-26-10-8-24/h1-6,11H,7-10,12-14H2,(H,23,25). The van der Waals surface area contributed by atoms with Crippen LogP contribution in [-0.4, -0.2) is 42.9 Å². The average Bonchev–Trinajstić information content (AvgIpc) is 2.69. The van der Waals surface area contributed by atoms with Gasteiger partial charge in [0.1, 0.15) is 11.6 Å². The Kier molecular flexibility index (Phi) is 7.20. The summed E-state index contributed by atoms with van der Waals surface area (Å²) >= 11 is 0.984. The molecule has 3 rings (SSSR count). The molecule has 0 spiro atoms. The van der Waals surface area contributed by atoms with Crippen molar-refractivity contribution in [3.05, 3.63) is 65.2 Å². The molecule has 4 nitrogen and oxygen atoms in total. The van der Waals surface area contributed by atoms with Crippen molar-refractivity contribution in [2.75, 3.05) is 32.1 Å². The third-order valence-electron chi connectivity index (χ3n) is 4.27. The summed E-state index contributed by atoms with van der Waals surface area (Å²) in [7, 11) is 0. The maximum Gasteiger partial charge on any atom is 0.230 e. The van der Waals surface area contributed by atoms with Crippen LogP contribution in [0, 0.1) is 11.6 Å². The highest BCUT2D eigenvalue weighted by molar-refractivity contribution is 8.00. The molecular formula is C20H22F2N2O2S. The molecule has 0 aliphatic carbocycles. The Labute approximate surface area is 161 Å². The van der Waals surface area contributed by atoms with E-state index in [2.05, 4.69) is 22.3 Å². The van der Waals surface area contributed by atoms with Crippen LogP contribution < -0.4 is 5.32 Å². The van der Waals surface area contributed by atoms with Crippen LogP contribution in [0.25, 0.3) is 0 Å². The number of hydrogen-bond donors (Lipinski definition) is 1. The first-order valence-electron chi connectivity index (χ1n) is 8.82. The molecule has 1 amide bonds. The van der Waals surface area contributed by atoms with Gasteiger partial charge in [-0.1, -0.05) is 24.3 Å². The quantitative estimate of drug-likeness (QED) is 0.735. The normalized spacial score (nSPS) is 14.9. The van der Waals surface area contributed by atoms with E-state index in [-0.39, 0.29) is 16.6 Å². The van der Waals surface area contributed by atoms with Crippen molar-refractivity contribution in [2.24, 2.45) is 0 Å². The molecule has 1 aliphatic heterocycles. The molecule has 7 heteroatoms. The monoisotopic (exact) mass is 392 g/mol. The van der Waals surface area contributed by atoms with Gasteiger partial charge in [-0.2, -0.15) is 0 Å². The Balaban J connectivity index is 1.42. The molecule has 144 valence electrons. The predicted octanol–water partition coefficient (Wildman–Crippen LogP) is 3.21. The lowest BCUT2D eigenvalue weighted by Gasteiger charge is -2.26. The maximum atomic E-state index is 13.5. The van der Waals surface area contributed by atoms with Gasteiger partial charge in [0, 0.05) is 31.1 Å². The number of halogens is 2. The lowest BCUT2D eigenvalue weighted by molar-refractivity contribution is -0.118. The van der Waals surface area contributed by atoms with E-state index in [1.54, 1.807) is 0 Å². The van der Waals surface area contributed by atoms with E-state index < -0.39 is 11.6 Å². The number of nitrogens with zero attached hydrogens (tertiary/aromatic N) is 1. The molecule has 0 atom stereocenters. The second kappa shape index (κ2) is 9.82. The molecule has 0 aromatic heterocycles. The minimum atomic E-state index is -0.523. The first-order valence-corrected chi connectivity index (χ1v) is 9.81. The summed E-state index contributed by atoms with van der Waals surface area (Å²) in [6, 6.07) is 11.3. The van der Waals surface area contributed by atoms with E-state index in [1.807, 2.05) is 12.1 Å². The van der Waals surface area contributed by atoms with Crippen molar-refractivity contribution in [2.45, 2.75) is 18.0 Å². The Bertz CT molecular complexity index is 765. The van der Waals surface area contributed by atoms with E-state index in [9.17, 15) is 13.6 Å². The van der Waals surface area contributed by atoms with E-state index in [0.717, 1.165) is 68.4 Å². The van der Waals surface area contributed by atoms with Gasteiger partial charge in [0.15, 0.2) is 0 Å². The Hall–Kier alpha value is -1.96. The van der Waals surface area contributed by atoms with Crippen molar-refractivity contribution >= 4 is 17.7 Å². The van der Waals surface area contributed by atoms with Gasteiger partial charge in [0.05, 0.1) is 19.0 Å². The molecule has 0 radical (unpaired) electrons. The topological polar surface area (TPSA) is 41.6 Å². The number of ether oxygens (including phenoxy) is 1. The molecule has 2 aromatic rings. The van der Waals surface area contributed by atoms with Gasteiger partial charge in [-0.15, -0.1) is 11.8 Å². The van der Waals surface area contributed by atoms with Crippen LogP contribution in [0.5, 0.6) is 0 Å². The molecule has 2 aromatic carbocycles. The van der Waals surface area contributed by atoms with Crippen LogP contribution in [0.4, 0.5) is 8.78 Å². The summed E-state index contributed by atoms with van der Waals surface area (Å²) in [4.78, 5) is 14.4. The second-order valence-corrected chi connectivity index (χ2v) is 7.36. The number of carbonyl (C=O) groups is 1. The van der Waals surface area contributed by atoms with Crippen LogP contribution in [-0.2, 0) is 22.6 Å². The minimum Gasteiger partial charge on any atom is -0.379 e. The second-order valence-electron chi connectivity index (χ2n) is 6.35. The van der Waals surface area contributed by atoms with Gasteiger partial charge in [-0.25, -0.2) is 8.78 Å². The molecule has 0 unspecified atom stereocenters. The largest absolute Gasteiger partial charge is 0.379 e. The minimum absolute atomic E-state index is 0.0372. The predicted molar refractivity (Wildman–Crippen MR) is 101 cm³/mol. The number of morpholine rings is 1. The SMILES string of the molecule is O=C(CSc1cc(F)ccc1F)NCc1ccc(CN2CCOCC2)cc1. The van der Waals surface area contributed by atoms with E-state index in [0.29, 0.717) is 6.54 Å². The highest BCUT2D eigenvalue weighted by atomic mass is 32.2. The molecule has 1 aliphatic rings. The highest BCUT2D eigenvalue weighted by Crippen LogP contribution is 2.22. The highest BCUT2D eigenvalue weighted by Gasteiger charge is 2.11. The first-order chi connectivity index (χ1) is 13.1. The molecule has 1 heterocycles. The fourth-order valence-electron chi connectivity index (χ4n) is 2.76. The van der Waals surface area contributed by atoms with Crippen molar-refractivity contribution in [1.29, 1.82) is 0 Å². The molecular weight excluding hydrogens is 370 g/mol. The van der Waals surface area contributed by atoms with Crippen LogP contribution in [0.3, 0.4) is 0 Å². The van der Waals surface area contributed by atoms with Crippen LogP contribution >= 0.6 is 11.8 Å². The molecule has 1 N–H and O–H groups in total. The number of benzene rings is 2. The Morgan fingerprint density at radius 1 is 1.07 bits per heavy atom. The fraction of sp³-hybridized carbons (Fsp3) is 0.350. The van der Waals surface area contributed by atoms with E-state index in [1.165, 1.54) is 5.56 Å². The van der Waals surface area contributed by atoms with Gasteiger partial charge in [-0.05, 0) is 29.3 Å². The number of rotatable bonds is 7. The number of carbonyl (C=O) groups excluding carboxylic acids is 1. The van der Waals surface area contributed by atoms with Gasteiger partial charge < -0.3 is 10.1 Å². The summed E-state index contributed by atoms with van der Waals surface area (Å²) in [5.41, 5.74) is 2.22. The summed E-state index contributed by atoms with van der Waals surface area (Å²) in [6.07, 6.45) is 0. The van der Waals surface area contributed by atoms with Crippen LogP contribution in [0.1, 0.15) is 11.1 Å². The summed E-state index contributed by atoms with van der Waals surface area (Å²) < 4.78 is 32.0. The van der Waals surface area contributed by atoms with Crippen LogP contribution in [0.15, 0.2) is 47.4 Å². The Morgan fingerprint density at radius 3 is 2.52 bits per heavy atom. The van der Waals surface area contributed by atoms with Crippen molar-refractivity contribution in [3.63, 3.8) is 0 Å². The molecule has 0 saturated carbocycles. The Morgan fingerprint density at radius 2 is 1.78 bits per heavy atom. The lowest BCUT2D eigenvalue weighted by atomic mass is 10.1. The van der Waals surface area contributed by atoms with Crippen LogP contribution in [0.2, 0.25) is 0 Å². The van der Waals surface area contributed by atoms with E-state index in [4.69, 9.17) is 4.74 Å². The number of nitrogens with one attached hydrogen (secondary N) is 1. The third-order valence-corrected chi connectivity index (χ3v) is 5.30. The molecule has 27 heavy (non-hydrogen) atoms. The van der Waals surface area contributed by atoms with Crippen molar-refractivity contribution in [1.82, 2.24) is 10.2 Å². The van der Waals surface area contributed by atoms with E-state index >= 15 is 0 Å². The number of amides is 1. The molecule has 1 saturated heterocycles. The summed E-state index contributed by atoms with van der Waals surface area (Å²) in [6.45, 7) is 4.75. The fourth-order valence-corrected chi connectivity index (χ4v) is 3.55. The smallest absolute Gasteiger partial charge is 0.230 e. The average molecular weight is 392 g/mol. The zero-order chi connectivity index (χ0) is 19.1.